The van der Waals surface area contributed by atoms with E-state index in [9.17, 15) is 18.0 Å². The van der Waals surface area contributed by atoms with E-state index in [1.807, 2.05) is 4.90 Å². The van der Waals surface area contributed by atoms with Crippen LogP contribution in [0, 0.1) is 0 Å². The molecular weight excluding hydrogens is 428 g/mol. The molecule has 2 aliphatic heterocycles. The average molecular weight is 465 g/mol. The number of benzene rings is 1. The number of piperidine rings is 1. The van der Waals surface area contributed by atoms with Crippen LogP contribution < -0.4 is 0 Å². The first-order valence-electron chi connectivity index (χ1n) is 12.0. The first kappa shape index (κ1) is 24.7. The van der Waals surface area contributed by atoms with Crippen molar-refractivity contribution in [1.29, 1.82) is 0 Å². The molecular formula is C24H36N2O5S. The molecule has 2 fully saturated rings. The quantitative estimate of drug-likeness (QED) is 0.550. The van der Waals surface area contributed by atoms with Crippen LogP contribution in [0.1, 0.15) is 70.3 Å². The Balaban J connectivity index is 1.46. The lowest BCUT2D eigenvalue weighted by atomic mass is 10.00. The van der Waals surface area contributed by atoms with E-state index in [4.69, 9.17) is 4.74 Å². The van der Waals surface area contributed by atoms with Gasteiger partial charge in [0.15, 0.2) is 6.61 Å². The highest BCUT2D eigenvalue weighted by Gasteiger charge is 2.26. The fraction of sp³-hybridized carbons (Fsp3) is 0.667. The molecule has 2 heterocycles. The third kappa shape index (κ3) is 6.54. The molecule has 0 spiro atoms. The maximum atomic E-state index is 12.9. The molecule has 7 nitrogen and oxygen atoms in total. The van der Waals surface area contributed by atoms with Gasteiger partial charge in [-0.05, 0) is 62.6 Å². The van der Waals surface area contributed by atoms with Crippen molar-refractivity contribution < 1.29 is 22.7 Å². The van der Waals surface area contributed by atoms with Crippen molar-refractivity contribution in [3.05, 3.63) is 29.8 Å². The Morgan fingerprint density at radius 1 is 0.969 bits per heavy atom. The van der Waals surface area contributed by atoms with E-state index in [1.165, 1.54) is 0 Å². The van der Waals surface area contributed by atoms with Gasteiger partial charge in [-0.3, -0.25) is 9.59 Å². The number of carbonyl (C=O) groups is 2. The van der Waals surface area contributed by atoms with Gasteiger partial charge in [-0.2, -0.15) is 4.31 Å². The van der Waals surface area contributed by atoms with Crippen LogP contribution in [-0.2, 0) is 30.8 Å². The topological polar surface area (TPSA) is 84.0 Å². The number of nitrogens with zero attached hydrogens (tertiary/aromatic N) is 2. The largest absolute Gasteiger partial charge is 0.456 e. The van der Waals surface area contributed by atoms with Crippen LogP contribution >= 0.6 is 0 Å². The number of hydrogen-bond donors (Lipinski definition) is 0. The SMILES string of the molecule is CCC1CCCCN1C(=O)COC(=O)CCc1ccc(S(=O)(=O)N2CCCCCC2)cc1. The summed E-state index contributed by atoms with van der Waals surface area (Å²) in [6, 6.07) is 6.99. The summed E-state index contributed by atoms with van der Waals surface area (Å²) in [5.41, 5.74) is 0.866. The fourth-order valence-electron chi connectivity index (χ4n) is 4.56. The number of likely N-dealkylation sites (tertiary alicyclic amines) is 1. The second-order valence-corrected chi connectivity index (χ2v) is 10.7. The lowest BCUT2D eigenvalue weighted by molar-refractivity contribution is -0.153. The van der Waals surface area contributed by atoms with Gasteiger partial charge in [0.05, 0.1) is 4.90 Å². The van der Waals surface area contributed by atoms with Crippen LogP contribution in [0.25, 0.3) is 0 Å². The number of carbonyl (C=O) groups excluding carboxylic acids is 2. The maximum Gasteiger partial charge on any atom is 0.306 e. The van der Waals surface area contributed by atoms with Gasteiger partial charge >= 0.3 is 5.97 Å². The van der Waals surface area contributed by atoms with Gasteiger partial charge in [0.25, 0.3) is 5.91 Å². The minimum Gasteiger partial charge on any atom is -0.456 e. The van der Waals surface area contributed by atoms with E-state index >= 15 is 0 Å². The predicted molar refractivity (Wildman–Crippen MR) is 123 cm³/mol. The predicted octanol–water partition coefficient (Wildman–Crippen LogP) is 3.52. The summed E-state index contributed by atoms with van der Waals surface area (Å²) in [4.78, 5) is 26.7. The van der Waals surface area contributed by atoms with Gasteiger partial charge in [-0.25, -0.2) is 8.42 Å². The number of aryl methyl sites for hydroxylation is 1. The van der Waals surface area contributed by atoms with Crippen LogP contribution in [0.15, 0.2) is 29.2 Å². The number of esters is 1. The molecule has 1 aromatic carbocycles. The molecule has 0 saturated carbocycles. The number of amides is 1. The van der Waals surface area contributed by atoms with Gasteiger partial charge in [0.2, 0.25) is 10.0 Å². The van der Waals surface area contributed by atoms with Crippen molar-refractivity contribution in [1.82, 2.24) is 9.21 Å². The van der Waals surface area contributed by atoms with Gasteiger partial charge in [0.1, 0.15) is 0 Å². The van der Waals surface area contributed by atoms with E-state index in [0.717, 1.165) is 63.5 Å². The zero-order valence-electron chi connectivity index (χ0n) is 19.1. The van der Waals surface area contributed by atoms with E-state index in [0.29, 0.717) is 24.4 Å². The van der Waals surface area contributed by atoms with Crippen molar-refractivity contribution >= 4 is 21.9 Å². The Labute approximate surface area is 192 Å². The molecule has 0 aliphatic carbocycles. The molecule has 1 amide bonds. The Morgan fingerprint density at radius 3 is 2.28 bits per heavy atom. The third-order valence-corrected chi connectivity index (χ3v) is 8.43. The standard InChI is InChI=1S/C24H36N2O5S/c1-2-21-9-5-8-18-26(21)23(27)19-31-24(28)15-12-20-10-13-22(14-11-20)32(29,30)25-16-6-3-4-7-17-25/h10-11,13-14,21H,2-9,12,15-19H2,1H3. The van der Waals surface area contributed by atoms with Crippen molar-refractivity contribution in [2.45, 2.75) is 82.1 Å². The normalized spacial score (nSPS) is 20.5. The van der Waals surface area contributed by atoms with Gasteiger partial charge < -0.3 is 9.64 Å². The Hall–Kier alpha value is -1.93. The molecule has 0 bridgehead atoms. The molecule has 2 aliphatic rings. The van der Waals surface area contributed by atoms with Crippen molar-refractivity contribution in [2.24, 2.45) is 0 Å². The lowest BCUT2D eigenvalue weighted by Crippen LogP contribution is -2.45. The van der Waals surface area contributed by atoms with E-state index in [2.05, 4.69) is 6.92 Å². The fourth-order valence-corrected chi connectivity index (χ4v) is 6.07. The molecule has 178 valence electrons. The van der Waals surface area contributed by atoms with Crippen LogP contribution in [0.4, 0.5) is 0 Å². The molecule has 0 N–H and O–H groups in total. The van der Waals surface area contributed by atoms with Gasteiger partial charge in [0, 0.05) is 32.1 Å². The molecule has 2 saturated heterocycles. The van der Waals surface area contributed by atoms with Crippen LogP contribution in [-0.4, -0.2) is 61.8 Å². The van der Waals surface area contributed by atoms with E-state index in [1.54, 1.807) is 28.6 Å². The Morgan fingerprint density at radius 2 is 1.62 bits per heavy atom. The molecule has 1 atom stereocenters. The highest BCUT2D eigenvalue weighted by Crippen LogP contribution is 2.21. The summed E-state index contributed by atoms with van der Waals surface area (Å²) < 4.78 is 32.5. The third-order valence-electron chi connectivity index (χ3n) is 6.52. The molecule has 1 unspecified atom stereocenters. The van der Waals surface area contributed by atoms with E-state index < -0.39 is 16.0 Å². The summed E-state index contributed by atoms with van der Waals surface area (Å²) in [6.07, 6.45) is 8.62. The van der Waals surface area contributed by atoms with Gasteiger partial charge in [-0.15, -0.1) is 0 Å². The molecule has 0 aromatic heterocycles. The average Bonchev–Trinajstić information content (AvgIpc) is 3.11. The zero-order valence-corrected chi connectivity index (χ0v) is 19.9. The Bertz CT molecular complexity index is 861. The number of hydrogen-bond acceptors (Lipinski definition) is 5. The zero-order chi connectivity index (χ0) is 23.0. The maximum absolute atomic E-state index is 12.9. The highest BCUT2D eigenvalue weighted by atomic mass is 32.2. The summed E-state index contributed by atoms with van der Waals surface area (Å²) in [5.74, 6) is -0.530. The second-order valence-electron chi connectivity index (χ2n) is 8.77. The summed E-state index contributed by atoms with van der Waals surface area (Å²) in [6.45, 7) is 3.76. The Kier molecular flexibility index (Phi) is 9.11. The van der Waals surface area contributed by atoms with Gasteiger partial charge in [-0.1, -0.05) is 31.9 Å². The first-order valence-corrected chi connectivity index (χ1v) is 13.4. The summed E-state index contributed by atoms with van der Waals surface area (Å²) in [5, 5.41) is 0. The summed E-state index contributed by atoms with van der Waals surface area (Å²) >= 11 is 0. The number of rotatable bonds is 8. The minimum atomic E-state index is -3.47. The van der Waals surface area contributed by atoms with Crippen LogP contribution in [0.2, 0.25) is 0 Å². The second kappa shape index (κ2) is 11.8. The highest BCUT2D eigenvalue weighted by molar-refractivity contribution is 7.89. The summed E-state index contributed by atoms with van der Waals surface area (Å²) in [7, 11) is -3.47. The lowest BCUT2D eigenvalue weighted by Gasteiger charge is -2.35. The van der Waals surface area contributed by atoms with E-state index in [-0.39, 0.29) is 25.0 Å². The number of sulfonamides is 1. The monoisotopic (exact) mass is 464 g/mol. The first-order chi connectivity index (χ1) is 15.4. The minimum absolute atomic E-state index is 0.118. The van der Waals surface area contributed by atoms with Crippen molar-refractivity contribution in [3.8, 4) is 0 Å². The molecule has 8 heteroatoms. The van der Waals surface area contributed by atoms with Crippen LogP contribution in [0.5, 0.6) is 0 Å². The number of ether oxygens (including phenoxy) is 1. The molecule has 3 rings (SSSR count). The molecule has 32 heavy (non-hydrogen) atoms. The van der Waals surface area contributed by atoms with Crippen LogP contribution in [0.3, 0.4) is 0 Å². The molecule has 1 aromatic rings. The smallest absolute Gasteiger partial charge is 0.306 e. The van der Waals surface area contributed by atoms with Crippen molar-refractivity contribution in [3.63, 3.8) is 0 Å². The van der Waals surface area contributed by atoms with Crippen molar-refractivity contribution in [2.75, 3.05) is 26.2 Å². The molecule has 0 radical (unpaired) electrons.